The zero-order chi connectivity index (χ0) is 24.7. The molecule has 2 unspecified atom stereocenters. The first-order valence-electron chi connectivity index (χ1n) is 13.0. The molecular formula is C29H32N4S3. The van der Waals surface area contributed by atoms with Gasteiger partial charge in [-0.25, -0.2) is 9.97 Å². The Morgan fingerprint density at radius 1 is 0.944 bits per heavy atom. The Balaban J connectivity index is 1.25. The minimum atomic E-state index is 0.108. The number of nitrogens with zero attached hydrogens (tertiary/aromatic N) is 2. The second-order valence-electron chi connectivity index (χ2n) is 10.7. The molecule has 3 aromatic heterocycles. The highest BCUT2D eigenvalue weighted by molar-refractivity contribution is 7.80. The average molecular weight is 533 g/mol. The quantitative estimate of drug-likeness (QED) is 0.253. The monoisotopic (exact) mass is 532 g/mol. The fourth-order valence-corrected chi connectivity index (χ4v) is 8.37. The molecule has 186 valence electrons. The van der Waals surface area contributed by atoms with Gasteiger partial charge in [0.15, 0.2) is 5.11 Å². The molecule has 0 aliphatic heterocycles. The third kappa shape index (κ3) is 4.81. The molecule has 2 aliphatic carbocycles. The van der Waals surface area contributed by atoms with Gasteiger partial charge in [0.25, 0.3) is 0 Å². The van der Waals surface area contributed by atoms with Crippen molar-refractivity contribution in [1.29, 1.82) is 0 Å². The van der Waals surface area contributed by atoms with Crippen LogP contribution in [0.1, 0.15) is 52.4 Å². The van der Waals surface area contributed by atoms with Crippen molar-refractivity contribution in [3.8, 4) is 21.1 Å². The first kappa shape index (κ1) is 24.0. The van der Waals surface area contributed by atoms with Gasteiger partial charge in [0.1, 0.15) is 11.4 Å². The molecule has 7 heteroatoms. The Bertz CT molecular complexity index is 1340. The maximum Gasteiger partial charge on any atom is 0.171 e. The van der Waals surface area contributed by atoms with Crippen LogP contribution in [0.15, 0.2) is 53.2 Å². The van der Waals surface area contributed by atoms with Gasteiger partial charge in [-0.2, -0.15) is 0 Å². The topological polar surface area (TPSA) is 49.8 Å². The summed E-state index contributed by atoms with van der Waals surface area (Å²) in [5.41, 5.74) is 4.70. The molecule has 2 atom stereocenters. The van der Waals surface area contributed by atoms with Crippen molar-refractivity contribution in [2.75, 3.05) is 5.32 Å². The van der Waals surface area contributed by atoms with E-state index in [0.29, 0.717) is 5.11 Å². The van der Waals surface area contributed by atoms with Crippen molar-refractivity contribution >= 4 is 56.7 Å². The highest BCUT2D eigenvalue weighted by Gasteiger charge is 2.43. The fourth-order valence-electron chi connectivity index (χ4n) is 6.60. The number of thiophene rings is 2. The molecule has 2 aliphatic rings. The first-order valence-corrected chi connectivity index (χ1v) is 15.2. The van der Waals surface area contributed by atoms with Crippen LogP contribution in [0.4, 0.5) is 5.69 Å². The molecule has 0 saturated heterocycles. The summed E-state index contributed by atoms with van der Waals surface area (Å²) >= 11 is 9.23. The minimum Gasteiger partial charge on any atom is -0.357 e. The van der Waals surface area contributed by atoms with Gasteiger partial charge < -0.3 is 10.6 Å². The summed E-state index contributed by atoms with van der Waals surface area (Å²) in [6, 6.07) is 14.5. The molecule has 3 heterocycles. The number of fused-ring (bicyclic) bond motifs is 3. The van der Waals surface area contributed by atoms with Crippen LogP contribution in [0.25, 0.3) is 32.2 Å². The summed E-state index contributed by atoms with van der Waals surface area (Å²) in [5.74, 6) is 2.52. The van der Waals surface area contributed by atoms with Crippen LogP contribution >= 0.6 is 34.9 Å². The molecule has 2 N–H and O–H groups in total. The van der Waals surface area contributed by atoms with Gasteiger partial charge in [0.05, 0.1) is 20.8 Å². The van der Waals surface area contributed by atoms with Crippen LogP contribution in [0.5, 0.6) is 0 Å². The maximum absolute atomic E-state index is 5.84. The van der Waals surface area contributed by atoms with Crippen molar-refractivity contribution in [3.63, 3.8) is 0 Å². The number of hydrogen-bond donors (Lipinski definition) is 2. The Morgan fingerprint density at radius 2 is 1.58 bits per heavy atom. The third-order valence-electron chi connectivity index (χ3n) is 7.98. The van der Waals surface area contributed by atoms with Crippen molar-refractivity contribution in [3.05, 3.63) is 53.2 Å². The number of anilines is 1. The van der Waals surface area contributed by atoms with E-state index in [1.165, 1.54) is 32.1 Å². The van der Waals surface area contributed by atoms with E-state index in [1.807, 2.05) is 6.07 Å². The highest BCUT2D eigenvalue weighted by atomic mass is 32.1. The highest BCUT2D eigenvalue weighted by Crippen LogP contribution is 2.47. The molecule has 4 nitrogen and oxygen atoms in total. The van der Waals surface area contributed by atoms with Crippen LogP contribution in [0, 0.1) is 17.8 Å². The fraction of sp³-hybridized carbons (Fsp3) is 0.414. The number of hydrogen-bond acceptors (Lipinski definition) is 5. The summed E-state index contributed by atoms with van der Waals surface area (Å²) in [6.07, 6.45) is 7.69. The van der Waals surface area contributed by atoms with Gasteiger partial charge in [-0.1, -0.05) is 26.0 Å². The van der Waals surface area contributed by atoms with Gasteiger partial charge >= 0.3 is 0 Å². The van der Waals surface area contributed by atoms with Gasteiger partial charge in [-0.3, -0.25) is 0 Å². The number of aromatic nitrogens is 2. The van der Waals surface area contributed by atoms with Crippen LogP contribution in [0.3, 0.4) is 0 Å². The zero-order valence-corrected chi connectivity index (χ0v) is 23.2. The van der Waals surface area contributed by atoms with Crippen LogP contribution in [0.2, 0.25) is 0 Å². The maximum atomic E-state index is 5.84. The third-order valence-corrected chi connectivity index (χ3v) is 9.94. The molecule has 0 amide bonds. The number of thiocarbonyl (C=S) groups is 1. The normalized spacial score (nSPS) is 25.6. The number of benzene rings is 1. The molecule has 6 rings (SSSR count). The predicted octanol–water partition coefficient (Wildman–Crippen LogP) is 8.37. The molecule has 4 aromatic rings. The number of nitrogens with one attached hydrogen (secondary N) is 2. The summed E-state index contributed by atoms with van der Waals surface area (Å²) in [5, 5.41) is 12.1. The van der Waals surface area contributed by atoms with Crippen LogP contribution in [-0.4, -0.2) is 20.6 Å². The van der Waals surface area contributed by atoms with Gasteiger partial charge in [0, 0.05) is 11.2 Å². The Hall–Kier alpha value is -2.35. The van der Waals surface area contributed by atoms with E-state index in [0.717, 1.165) is 62.0 Å². The second-order valence-corrected chi connectivity index (χ2v) is 13.0. The predicted molar refractivity (Wildman–Crippen MR) is 158 cm³/mol. The van der Waals surface area contributed by atoms with Crippen LogP contribution < -0.4 is 10.6 Å². The van der Waals surface area contributed by atoms with Crippen molar-refractivity contribution < 1.29 is 0 Å². The zero-order valence-electron chi connectivity index (χ0n) is 20.8. The molecule has 2 saturated carbocycles. The van der Waals surface area contributed by atoms with E-state index in [-0.39, 0.29) is 5.54 Å². The summed E-state index contributed by atoms with van der Waals surface area (Å²) in [4.78, 5) is 12.4. The molecule has 36 heavy (non-hydrogen) atoms. The van der Waals surface area contributed by atoms with Crippen molar-refractivity contribution in [1.82, 2.24) is 15.3 Å². The largest absolute Gasteiger partial charge is 0.357 e. The molecule has 2 bridgehead atoms. The lowest BCUT2D eigenvalue weighted by atomic mass is 9.61. The number of rotatable bonds is 5. The van der Waals surface area contributed by atoms with Crippen molar-refractivity contribution in [2.24, 2.45) is 17.8 Å². The van der Waals surface area contributed by atoms with Crippen molar-refractivity contribution in [2.45, 2.75) is 57.9 Å². The van der Waals surface area contributed by atoms with E-state index >= 15 is 0 Å². The average Bonchev–Trinajstić information content (AvgIpc) is 3.57. The van der Waals surface area contributed by atoms with E-state index < -0.39 is 0 Å². The Labute approximate surface area is 226 Å². The van der Waals surface area contributed by atoms with E-state index in [9.17, 15) is 0 Å². The van der Waals surface area contributed by atoms with Crippen LogP contribution in [-0.2, 0) is 0 Å². The Kier molecular flexibility index (Phi) is 6.56. The molecule has 0 spiro atoms. The van der Waals surface area contributed by atoms with Gasteiger partial charge in [-0.15, -0.1) is 22.7 Å². The summed E-state index contributed by atoms with van der Waals surface area (Å²) in [6.45, 7) is 4.73. The lowest BCUT2D eigenvalue weighted by Crippen LogP contribution is -2.55. The van der Waals surface area contributed by atoms with Gasteiger partial charge in [0.2, 0.25) is 0 Å². The lowest BCUT2D eigenvalue weighted by molar-refractivity contribution is 0.0728. The summed E-state index contributed by atoms with van der Waals surface area (Å²) < 4.78 is 0. The molecule has 0 radical (unpaired) electrons. The smallest absolute Gasteiger partial charge is 0.171 e. The first-order chi connectivity index (χ1) is 17.5. The van der Waals surface area contributed by atoms with E-state index in [2.05, 4.69) is 71.6 Å². The Morgan fingerprint density at radius 3 is 2.17 bits per heavy atom. The molecular weight excluding hydrogens is 501 g/mol. The summed E-state index contributed by atoms with van der Waals surface area (Å²) in [7, 11) is 0. The standard InChI is InChI=1S/C29H32N4S3/c1-3-29(16-19-12-18(2)13-20(14-19)17-29)33-28(34)30-21-8-9-22-23(15-21)32-27(25-7-5-11-36-25)26(31-22)24-6-4-10-35-24/h4-11,15,18-20H,3,12-14,16-17H2,1-2H3,(H2,30,33,34). The van der Waals surface area contributed by atoms with Gasteiger partial charge in [-0.05, 0) is 110 Å². The minimum absolute atomic E-state index is 0.108. The molecule has 1 aromatic carbocycles. The van der Waals surface area contributed by atoms with E-state index in [4.69, 9.17) is 22.2 Å². The second kappa shape index (κ2) is 9.84. The SMILES string of the molecule is CCC1(NC(=S)Nc2ccc3nc(-c4cccs4)c(-c4cccs4)nc3c2)CC2CC(C)CC(C2)C1. The molecule has 2 fully saturated rings. The lowest BCUT2D eigenvalue weighted by Gasteiger charge is -2.49. The van der Waals surface area contributed by atoms with E-state index in [1.54, 1.807) is 22.7 Å².